The molecule has 1 fully saturated rings. The summed E-state index contributed by atoms with van der Waals surface area (Å²) in [4.78, 5) is 23.8. The van der Waals surface area contributed by atoms with E-state index in [-0.39, 0.29) is 17.6 Å². The maximum absolute atomic E-state index is 13.0. The number of halogens is 1. The second-order valence-electron chi connectivity index (χ2n) is 7.57. The number of likely N-dealkylation sites (tertiary alicyclic amines) is 1. The van der Waals surface area contributed by atoms with E-state index in [0.29, 0.717) is 19.4 Å². The van der Waals surface area contributed by atoms with E-state index in [2.05, 4.69) is 4.98 Å². The van der Waals surface area contributed by atoms with Crippen LogP contribution in [0, 0.1) is 12.7 Å². The molecular weight excluding hydrogens is 367 g/mol. The Hall–Kier alpha value is -3.02. The van der Waals surface area contributed by atoms with E-state index in [1.165, 1.54) is 12.1 Å². The fourth-order valence-corrected chi connectivity index (χ4v) is 3.93. The first-order valence-electron chi connectivity index (χ1n) is 10.1. The number of aryl methyl sites for hydroxylation is 2. The molecule has 3 aromatic rings. The lowest BCUT2D eigenvalue weighted by Gasteiger charge is -2.32. The van der Waals surface area contributed by atoms with Crippen molar-refractivity contribution in [2.75, 3.05) is 13.1 Å². The molecular formula is C23H25FN4O. The molecule has 1 amide bonds. The number of carbonyl (C=O) groups is 1. The molecule has 1 aromatic carbocycles. The van der Waals surface area contributed by atoms with E-state index in [9.17, 15) is 9.18 Å². The summed E-state index contributed by atoms with van der Waals surface area (Å²) in [5.41, 5.74) is 2.00. The second-order valence-corrected chi connectivity index (χ2v) is 7.57. The predicted octanol–water partition coefficient (Wildman–Crippen LogP) is 4.05. The van der Waals surface area contributed by atoms with E-state index in [0.717, 1.165) is 42.3 Å². The van der Waals surface area contributed by atoms with Crippen molar-refractivity contribution in [3.8, 4) is 5.82 Å². The van der Waals surface area contributed by atoms with Gasteiger partial charge in [-0.3, -0.25) is 9.36 Å². The number of pyridine rings is 1. The number of rotatable bonds is 5. The fourth-order valence-electron chi connectivity index (χ4n) is 3.93. The van der Waals surface area contributed by atoms with Crippen molar-refractivity contribution in [2.45, 2.75) is 38.5 Å². The highest BCUT2D eigenvalue weighted by Crippen LogP contribution is 2.27. The smallest absolute Gasteiger partial charge is 0.222 e. The van der Waals surface area contributed by atoms with Crippen molar-refractivity contribution in [3.05, 3.63) is 77.8 Å². The molecule has 0 spiro atoms. The lowest BCUT2D eigenvalue weighted by atomic mass is 9.94. The lowest BCUT2D eigenvalue weighted by molar-refractivity contribution is -0.132. The van der Waals surface area contributed by atoms with Crippen molar-refractivity contribution < 1.29 is 9.18 Å². The number of piperidine rings is 1. The van der Waals surface area contributed by atoms with Gasteiger partial charge in [0.1, 0.15) is 17.5 Å². The van der Waals surface area contributed by atoms with Gasteiger partial charge in [-0.15, -0.1) is 0 Å². The van der Waals surface area contributed by atoms with Gasteiger partial charge in [0.05, 0.1) is 0 Å². The molecule has 150 valence electrons. The Bertz CT molecular complexity index is 983. The van der Waals surface area contributed by atoms with Crippen LogP contribution in [0.2, 0.25) is 0 Å². The molecule has 1 saturated heterocycles. The highest BCUT2D eigenvalue weighted by molar-refractivity contribution is 5.76. The summed E-state index contributed by atoms with van der Waals surface area (Å²) in [7, 11) is 0. The highest BCUT2D eigenvalue weighted by atomic mass is 19.1. The van der Waals surface area contributed by atoms with Gasteiger partial charge < -0.3 is 4.90 Å². The third kappa shape index (κ3) is 4.53. The van der Waals surface area contributed by atoms with Gasteiger partial charge in [0.2, 0.25) is 5.91 Å². The average Bonchev–Trinajstić information content (AvgIpc) is 3.19. The van der Waals surface area contributed by atoms with Crippen molar-refractivity contribution in [1.82, 2.24) is 19.4 Å². The van der Waals surface area contributed by atoms with Crippen LogP contribution in [0.25, 0.3) is 5.82 Å². The molecule has 29 heavy (non-hydrogen) atoms. The molecule has 5 nitrogen and oxygen atoms in total. The number of benzene rings is 1. The fraction of sp³-hybridized carbons (Fsp3) is 0.348. The van der Waals surface area contributed by atoms with Crippen LogP contribution in [-0.2, 0) is 11.2 Å². The SMILES string of the molecule is Cc1nccn1-c1cccc([C@H]2CCCN(C(=O)CCc3ccc(F)cc3)C2)n1. The van der Waals surface area contributed by atoms with Gasteiger partial charge in [0, 0.05) is 43.5 Å². The van der Waals surface area contributed by atoms with Gasteiger partial charge in [-0.1, -0.05) is 18.2 Å². The molecule has 3 heterocycles. The van der Waals surface area contributed by atoms with Crippen LogP contribution in [0.4, 0.5) is 4.39 Å². The summed E-state index contributed by atoms with van der Waals surface area (Å²) in [6.45, 7) is 3.44. The Morgan fingerprint density at radius 2 is 2.03 bits per heavy atom. The number of nitrogens with zero attached hydrogens (tertiary/aromatic N) is 4. The topological polar surface area (TPSA) is 51.0 Å². The maximum atomic E-state index is 13.0. The van der Waals surface area contributed by atoms with Crippen LogP contribution in [0.15, 0.2) is 54.9 Å². The molecule has 1 atom stereocenters. The van der Waals surface area contributed by atoms with Gasteiger partial charge in [-0.25, -0.2) is 14.4 Å². The van der Waals surface area contributed by atoms with Crippen LogP contribution < -0.4 is 0 Å². The zero-order valence-electron chi connectivity index (χ0n) is 16.6. The monoisotopic (exact) mass is 392 g/mol. The molecule has 1 aliphatic rings. The molecule has 0 aliphatic carbocycles. The van der Waals surface area contributed by atoms with Crippen LogP contribution in [-0.4, -0.2) is 38.4 Å². The molecule has 0 radical (unpaired) electrons. The summed E-state index contributed by atoms with van der Waals surface area (Å²) >= 11 is 0. The Kier molecular flexibility index (Phi) is 5.69. The Morgan fingerprint density at radius 1 is 1.21 bits per heavy atom. The van der Waals surface area contributed by atoms with E-state index < -0.39 is 0 Å². The van der Waals surface area contributed by atoms with Crippen molar-refractivity contribution in [3.63, 3.8) is 0 Å². The van der Waals surface area contributed by atoms with Gasteiger partial charge in [0.15, 0.2) is 0 Å². The molecule has 0 saturated carbocycles. The summed E-state index contributed by atoms with van der Waals surface area (Å²) in [6, 6.07) is 12.4. The third-order valence-corrected chi connectivity index (χ3v) is 5.56. The third-order valence-electron chi connectivity index (χ3n) is 5.56. The minimum Gasteiger partial charge on any atom is -0.342 e. The molecule has 2 aromatic heterocycles. The minimum absolute atomic E-state index is 0.153. The summed E-state index contributed by atoms with van der Waals surface area (Å²) < 4.78 is 15.0. The minimum atomic E-state index is -0.250. The molecule has 0 N–H and O–H groups in total. The van der Waals surface area contributed by atoms with Gasteiger partial charge in [0.25, 0.3) is 0 Å². The summed E-state index contributed by atoms with van der Waals surface area (Å²) in [6.07, 6.45) is 6.76. The predicted molar refractivity (Wildman–Crippen MR) is 109 cm³/mol. The standard InChI is InChI=1S/C23H25FN4O/c1-17-25-13-15-28(17)22-6-2-5-21(26-22)19-4-3-14-27(16-19)23(29)12-9-18-7-10-20(24)11-8-18/h2,5-8,10-11,13,15,19H,3-4,9,12,14,16H2,1H3/t19-/m0/s1. The number of hydrogen-bond acceptors (Lipinski definition) is 3. The largest absolute Gasteiger partial charge is 0.342 e. The first kappa shape index (κ1) is 19.3. The second kappa shape index (κ2) is 8.55. The number of imidazole rings is 1. The molecule has 0 bridgehead atoms. The zero-order valence-corrected chi connectivity index (χ0v) is 16.6. The van der Waals surface area contributed by atoms with E-state index >= 15 is 0 Å². The molecule has 1 aliphatic heterocycles. The Labute approximate surface area is 170 Å². The van der Waals surface area contributed by atoms with Crippen molar-refractivity contribution in [1.29, 1.82) is 0 Å². The molecule has 6 heteroatoms. The van der Waals surface area contributed by atoms with Gasteiger partial charge in [-0.2, -0.15) is 0 Å². The van der Waals surface area contributed by atoms with Crippen LogP contribution >= 0.6 is 0 Å². The van der Waals surface area contributed by atoms with Crippen LogP contribution in [0.5, 0.6) is 0 Å². The lowest BCUT2D eigenvalue weighted by Crippen LogP contribution is -2.39. The van der Waals surface area contributed by atoms with Crippen LogP contribution in [0.1, 0.15) is 42.3 Å². The van der Waals surface area contributed by atoms with Crippen molar-refractivity contribution >= 4 is 5.91 Å². The first-order valence-corrected chi connectivity index (χ1v) is 10.1. The molecule has 4 rings (SSSR count). The normalized spacial score (nSPS) is 16.8. The number of carbonyl (C=O) groups excluding carboxylic acids is 1. The number of amides is 1. The van der Waals surface area contributed by atoms with E-state index in [4.69, 9.17) is 4.98 Å². The van der Waals surface area contributed by atoms with E-state index in [1.807, 2.05) is 40.8 Å². The highest BCUT2D eigenvalue weighted by Gasteiger charge is 2.25. The van der Waals surface area contributed by atoms with Gasteiger partial charge >= 0.3 is 0 Å². The summed E-state index contributed by atoms with van der Waals surface area (Å²) in [5.74, 6) is 1.90. The Balaban J connectivity index is 1.41. The maximum Gasteiger partial charge on any atom is 0.222 e. The number of aromatic nitrogens is 3. The Morgan fingerprint density at radius 3 is 2.79 bits per heavy atom. The first-order chi connectivity index (χ1) is 14.1. The van der Waals surface area contributed by atoms with Gasteiger partial charge in [-0.05, 0) is 56.0 Å². The van der Waals surface area contributed by atoms with Crippen molar-refractivity contribution in [2.24, 2.45) is 0 Å². The van der Waals surface area contributed by atoms with E-state index in [1.54, 1.807) is 18.3 Å². The molecule has 0 unspecified atom stereocenters. The zero-order chi connectivity index (χ0) is 20.2. The van der Waals surface area contributed by atoms with Crippen LogP contribution in [0.3, 0.4) is 0 Å². The average molecular weight is 392 g/mol. The number of hydrogen-bond donors (Lipinski definition) is 0. The summed E-state index contributed by atoms with van der Waals surface area (Å²) in [5, 5.41) is 0. The quantitative estimate of drug-likeness (QED) is 0.658.